The van der Waals surface area contributed by atoms with Crippen molar-refractivity contribution < 1.29 is 0 Å². The largest absolute Gasteiger partial charge is 0.295 e. The first-order valence-corrected chi connectivity index (χ1v) is 6.14. The van der Waals surface area contributed by atoms with Gasteiger partial charge in [0.2, 0.25) is 0 Å². The molecule has 0 fully saturated rings. The minimum Gasteiger partial charge on any atom is -0.295 e. The second kappa shape index (κ2) is 6.64. The molecule has 2 rings (SSSR count). The van der Waals surface area contributed by atoms with Crippen molar-refractivity contribution >= 4 is 0 Å². The van der Waals surface area contributed by atoms with Crippen molar-refractivity contribution in [3.8, 4) is 11.8 Å². The smallest absolute Gasteiger partial charge is 0.0584 e. The van der Waals surface area contributed by atoms with Crippen molar-refractivity contribution in [2.45, 2.75) is 13.0 Å². The molecule has 1 heteroatoms. The fraction of sp³-hybridized carbons (Fsp3) is 0.176. The molecular weight excluding hydrogens is 218 g/mol. The molecule has 0 amide bonds. The normalized spacial score (nSPS) is 9.89. The van der Waals surface area contributed by atoms with Crippen molar-refractivity contribution in [1.29, 1.82) is 0 Å². The van der Waals surface area contributed by atoms with E-state index in [-0.39, 0.29) is 6.04 Å². The molecule has 0 aromatic heterocycles. The molecule has 2 aromatic carbocycles. The fourth-order valence-corrected chi connectivity index (χ4v) is 1.96. The minimum atomic E-state index is 0.202. The van der Waals surface area contributed by atoms with Crippen molar-refractivity contribution in [3.05, 3.63) is 71.8 Å². The lowest BCUT2D eigenvalue weighted by molar-refractivity contribution is 0.659. The molecule has 0 heterocycles. The van der Waals surface area contributed by atoms with Gasteiger partial charge in [-0.1, -0.05) is 66.6 Å². The first-order chi connectivity index (χ1) is 8.92. The summed E-state index contributed by atoms with van der Waals surface area (Å²) in [5.41, 5.74) is 2.53. The lowest BCUT2D eigenvalue weighted by Crippen LogP contribution is -2.22. The number of benzene rings is 2. The van der Waals surface area contributed by atoms with Crippen LogP contribution in [0.3, 0.4) is 0 Å². The summed E-state index contributed by atoms with van der Waals surface area (Å²) >= 11 is 0. The van der Waals surface area contributed by atoms with E-state index < -0.39 is 0 Å². The topological polar surface area (TPSA) is 12.0 Å². The van der Waals surface area contributed by atoms with Gasteiger partial charge in [0.25, 0.3) is 0 Å². The Hall–Kier alpha value is -2.04. The van der Waals surface area contributed by atoms with Crippen LogP contribution in [0, 0.1) is 11.8 Å². The number of rotatable bonds is 4. The quantitative estimate of drug-likeness (QED) is 0.801. The Bertz CT molecular complexity index is 480. The van der Waals surface area contributed by atoms with Gasteiger partial charge in [-0.25, -0.2) is 0 Å². The predicted octanol–water partition coefficient (Wildman–Crippen LogP) is 3.39. The standard InChI is InChI=1S/C17H17N/c1-2-3-14-18-17(15-10-6-4-7-11-15)16-12-8-5-9-13-16/h4-13,17-18H,14H2,1H3. The van der Waals surface area contributed by atoms with E-state index in [0.29, 0.717) is 6.54 Å². The maximum Gasteiger partial charge on any atom is 0.0584 e. The van der Waals surface area contributed by atoms with Crippen LogP contribution in [-0.4, -0.2) is 6.54 Å². The summed E-state index contributed by atoms with van der Waals surface area (Å²) in [6.45, 7) is 2.56. The Morgan fingerprint density at radius 1 is 0.889 bits per heavy atom. The van der Waals surface area contributed by atoms with Gasteiger partial charge < -0.3 is 0 Å². The zero-order valence-corrected chi connectivity index (χ0v) is 10.6. The summed E-state index contributed by atoms with van der Waals surface area (Å²) in [6.07, 6.45) is 0. The van der Waals surface area contributed by atoms with Crippen LogP contribution in [0.5, 0.6) is 0 Å². The molecular formula is C17H17N. The van der Waals surface area contributed by atoms with E-state index in [2.05, 4.69) is 65.7 Å². The van der Waals surface area contributed by atoms with Gasteiger partial charge in [-0.3, -0.25) is 5.32 Å². The van der Waals surface area contributed by atoms with Crippen LogP contribution >= 0.6 is 0 Å². The van der Waals surface area contributed by atoms with Gasteiger partial charge in [0.1, 0.15) is 0 Å². The van der Waals surface area contributed by atoms with E-state index in [9.17, 15) is 0 Å². The van der Waals surface area contributed by atoms with Crippen molar-refractivity contribution in [1.82, 2.24) is 5.32 Å². The SMILES string of the molecule is CC#CCNC(c1ccccc1)c1ccccc1. The Morgan fingerprint density at radius 2 is 1.39 bits per heavy atom. The second-order valence-corrected chi connectivity index (χ2v) is 4.06. The summed E-state index contributed by atoms with van der Waals surface area (Å²) in [5, 5.41) is 3.48. The molecule has 0 bridgehead atoms. The molecule has 1 nitrogen and oxygen atoms in total. The van der Waals surface area contributed by atoms with E-state index in [0.717, 1.165) is 0 Å². The molecule has 0 radical (unpaired) electrons. The molecule has 0 unspecified atom stereocenters. The Kier molecular flexibility index (Phi) is 4.58. The van der Waals surface area contributed by atoms with Gasteiger partial charge in [0.15, 0.2) is 0 Å². The van der Waals surface area contributed by atoms with E-state index in [1.165, 1.54) is 11.1 Å². The Morgan fingerprint density at radius 3 is 1.83 bits per heavy atom. The summed E-state index contributed by atoms with van der Waals surface area (Å²) in [5.74, 6) is 5.97. The van der Waals surface area contributed by atoms with Crippen molar-refractivity contribution in [2.24, 2.45) is 0 Å². The molecule has 0 saturated carbocycles. The highest BCUT2D eigenvalue weighted by Gasteiger charge is 2.11. The van der Waals surface area contributed by atoms with Gasteiger partial charge in [-0.2, -0.15) is 0 Å². The monoisotopic (exact) mass is 235 g/mol. The highest BCUT2D eigenvalue weighted by molar-refractivity contribution is 5.31. The summed E-state index contributed by atoms with van der Waals surface area (Å²) < 4.78 is 0. The molecule has 0 aliphatic heterocycles. The molecule has 0 saturated heterocycles. The maximum atomic E-state index is 3.48. The lowest BCUT2D eigenvalue weighted by atomic mass is 9.99. The van der Waals surface area contributed by atoms with Gasteiger partial charge >= 0.3 is 0 Å². The predicted molar refractivity (Wildman–Crippen MR) is 76.2 cm³/mol. The third-order valence-electron chi connectivity index (χ3n) is 2.84. The highest BCUT2D eigenvalue weighted by Crippen LogP contribution is 2.21. The first-order valence-electron chi connectivity index (χ1n) is 6.14. The second-order valence-electron chi connectivity index (χ2n) is 4.06. The van der Waals surface area contributed by atoms with E-state index in [4.69, 9.17) is 0 Å². The van der Waals surface area contributed by atoms with E-state index >= 15 is 0 Å². The average molecular weight is 235 g/mol. The van der Waals surface area contributed by atoms with Crippen molar-refractivity contribution in [3.63, 3.8) is 0 Å². The third kappa shape index (κ3) is 3.23. The molecule has 1 N–H and O–H groups in total. The molecule has 0 spiro atoms. The first kappa shape index (κ1) is 12.4. The van der Waals surface area contributed by atoms with E-state index in [1.807, 2.05) is 19.1 Å². The van der Waals surface area contributed by atoms with Crippen LogP contribution in [0.2, 0.25) is 0 Å². The third-order valence-corrected chi connectivity index (χ3v) is 2.84. The maximum absolute atomic E-state index is 3.48. The van der Waals surface area contributed by atoms with Crippen LogP contribution in [-0.2, 0) is 0 Å². The summed E-state index contributed by atoms with van der Waals surface area (Å²) in [7, 11) is 0. The van der Waals surface area contributed by atoms with Crippen LogP contribution in [0.25, 0.3) is 0 Å². The van der Waals surface area contributed by atoms with Crippen LogP contribution in [0.1, 0.15) is 24.1 Å². The molecule has 0 atom stereocenters. The lowest BCUT2D eigenvalue weighted by Gasteiger charge is -2.18. The van der Waals surface area contributed by atoms with Crippen molar-refractivity contribution in [2.75, 3.05) is 6.54 Å². The molecule has 0 aliphatic carbocycles. The van der Waals surface area contributed by atoms with Crippen LogP contribution < -0.4 is 5.32 Å². The highest BCUT2D eigenvalue weighted by atomic mass is 14.9. The van der Waals surface area contributed by atoms with Crippen LogP contribution in [0.15, 0.2) is 60.7 Å². The molecule has 18 heavy (non-hydrogen) atoms. The molecule has 0 aliphatic rings. The van der Waals surface area contributed by atoms with Gasteiger partial charge in [0.05, 0.1) is 12.6 Å². The zero-order valence-electron chi connectivity index (χ0n) is 10.6. The zero-order chi connectivity index (χ0) is 12.6. The number of hydrogen-bond acceptors (Lipinski definition) is 1. The molecule has 2 aromatic rings. The number of nitrogens with one attached hydrogen (secondary N) is 1. The van der Waals surface area contributed by atoms with Gasteiger partial charge in [-0.15, -0.1) is 5.92 Å². The summed E-state index contributed by atoms with van der Waals surface area (Å²) in [4.78, 5) is 0. The van der Waals surface area contributed by atoms with Gasteiger partial charge in [-0.05, 0) is 18.1 Å². The van der Waals surface area contributed by atoms with Crippen LogP contribution in [0.4, 0.5) is 0 Å². The minimum absolute atomic E-state index is 0.202. The Balaban J connectivity index is 2.25. The van der Waals surface area contributed by atoms with Gasteiger partial charge in [0, 0.05) is 0 Å². The number of hydrogen-bond donors (Lipinski definition) is 1. The Labute approximate surface area is 109 Å². The average Bonchev–Trinajstić information content (AvgIpc) is 2.46. The molecule has 90 valence electrons. The van der Waals surface area contributed by atoms with E-state index in [1.54, 1.807) is 0 Å². The summed E-state index contributed by atoms with van der Waals surface area (Å²) in [6, 6.07) is 21.1. The fourth-order valence-electron chi connectivity index (χ4n) is 1.96.